The van der Waals surface area contributed by atoms with E-state index in [2.05, 4.69) is 44.4 Å². The number of ketones is 1. The van der Waals surface area contributed by atoms with Crippen molar-refractivity contribution in [2.75, 3.05) is 54.5 Å². The zero-order valence-corrected chi connectivity index (χ0v) is 58.0. The average molecular weight is 1480 g/mol. The number of thioether (sulfide) groups is 1. The summed E-state index contributed by atoms with van der Waals surface area (Å²) in [5, 5.41) is 60.5. The van der Waals surface area contributed by atoms with Crippen LogP contribution in [0.15, 0.2) is 64.5 Å². The second-order valence-corrected chi connectivity index (χ2v) is 27.2. The Hall–Kier alpha value is -5.09. The second-order valence-electron chi connectivity index (χ2n) is 22.7. The Bertz CT molecular complexity index is 3440. The standard InChI is InChI=1S/C63H78IN5O22S3/c1-12-69(33(6)70)37-28-84-42(26-41(37)79-7)89-55-50(74)47(68-91-43-25-38(71)57(32(5)85-43)93-58(76)44-29(2)46(64)53(56(82-10)52(44)80-8)90-59-51(75)54(81-9)49(73)31(4)87-59)30(3)86-60(55)88-40-21-15-13-14-18-23-63(78)27-39(72)48(67-62(77)83-11)45(40)34(63)22-24-92-94-61-65-35-19-16-17-20-36(35)66-61/h13-14,16-17,19-20,22,30-32,37-38,40-43,47,49-51,54-55,57,59-60,68,71,73-75,78H,12,24-28H2,1-11H3,(H,65,66)(H,67,77)/b14-13-,34-22+/t30?,31?,32?,37?,38?,40?,41?,42?,43?,47?,49?,50?,51?,54?,55?,57?,59?,60?,63-/m1/s1. The van der Waals surface area contributed by atoms with Crippen LogP contribution in [0.4, 0.5) is 4.79 Å². The highest BCUT2D eigenvalue weighted by atomic mass is 127. The van der Waals surface area contributed by atoms with Gasteiger partial charge in [-0.2, -0.15) is 5.48 Å². The number of carbonyl (C=O) groups is 4. The number of carbonyl (C=O) groups excluding carboxylic acids is 4. The summed E-state index contributed by atoms with van der Waals surface area (Å²) in [7, 11) is 9.36. The van der Waals surface area contributed by atoms with Crippen LogP contribution in [0.25, 0.3) is 11.0 Å². The minimum atomic E-state index is -2.15. The average Bonchev–Trinajstić information content (AvgIpc) is 0.856. The highest BCUT2D eigenvalue weighted by Crippen LogP contribution is 2.49. The topological polar surface area (TPSA) is 345 Å². The summed E-state index contributed by atoms with van der Waals surface area (Å²) in [4.78, 5) is 70.5. The van der Waals surface area contributed by atoms with Crippen LogP contribution >= 0.6 is 55.9 Å². The fourth-order valence-corrected chi connectivity index (χ4v) is 15.4. The monoisotopic (exact) mass is 1480 g/mol. The fraction of sp³-hybridized carbons (Fsp3) is 0.571. The first kappa shape index (κ1) is 73.2. The molecule has 8 N–H and O–H groups in total. The molecule has 3 aromatic rings. The lowest BCUT2D eigenvalue weighted by Crippen LogP contribution is -2.65. The van der Waals surface area contributed by atoms with Gasteiger partial charge in [0, 0.05) is 57.4 Å². The first-order valence-corrected chi connectivity index (χ1v) is 34.4. The molecule has 0 spiro atoms. The highest BCUT2D eigenvalue weighted by molar-refractivity contribution is 14.1. The van der Waals surface area contributed by atoms with Gasteiger partial charge in [0.25, 0.3) is 0 Å². The van der Waals surface area contributed by atoms with Crippen molar-refractivity contribution in [2.45, 2.75) is 181 Å². The number of imidazole rings is 1. The van der Waals surface area contributed by atoms with Gasteiger partial charge in [0.05, 0.1) is 108 Å². The number of aromatic amines is 1. The number of aliphatic hydroxyl groups is 5. The number of H-pyrrole nitrogens is 1. The summed E-state index contributed by atoms with van der Waals surface area (Å²) in [6.45, 7) is 10.2. The normalized spacial score (nSPS) is 33.3. The number of alkyl carbamates (subject to hydrolysis) is 1. The van der Waals surface area contributed by atoms with E-state index in [0.717, 1.165) is 29.9 Å². The van der Waals surface area contributed by atoms with Gasteiger partial charge in [-0.3, -0.25) is 24.5 Å². The number of hydroxylamine groups is 1. The number of aliphatic hydroxyl groups excluding tert-OH is 4. The van der Waals surface area contributed by atoms with E-state index < -0.39 is 139 Å². The number of aromatic nitrogens is 2. The molecule has 4 saturated heterocycles. The summed E-state index contributed by atoms with van der Waals surface area (Å²) in [6.07, 6.45) is -15.2. The number of ether oxygens (including phenoxy) is 12. The molecule has 2 bridgehead atoms. The van der Waals surface area contributed by atoms with Crippen LogP contribution in [-0.2, 0) is 57.1 Å². The molecule has 6 aliphatic rings. The number of Topliss-reactive ketones (excluding diaryl/α,β-unsaturated/α-hetero) is 1. The van der Waals surface area contributed by atoms with Crippen molar-refractivity contribution < 1.29 is 106 Å². The number of halogens is 1. The van der Waals surface area contributed by atoms with Gasteiger partial charge in [0.1, 0.15) is 36.6 Å². The van der Waals surface area contributed by atoms with Gasteiger partial charge in [0.15, 0.2) is 46.9 Å². The lowest BCUT2D eigenvalue weighted by Gasteiger charge is -2.47. The molecule has 512 valence electrons. The molecule has 1 aromatic heterocycles. The van der Waals surface area contributed by atoms with E-state index in [1.54, 1.807) is 38.7 Å². The third kappa shape index (κ3) is 16.1. The zero-order chi connectivity index (χ0) is 67.9. The number of nitrogens with zero attached hydrogens (tertiary/aromatic N) is 2. The maximum Gasteiger partial charge on any atom is 0.411 e. The third-order valence-corrected chi connectivity index (χ3v) is 21.5. The van der Waals surface area contributed by atoms with E-state index in [4.69, 9.17) is 61.7 Å². The maximum atomic E-state index is 14.5. The van der Waals surface area contributed by atoms with E-state index in [-0.39, 0.29) is 70.8 Å². The number of benzene rings is 2. The molecule has 2 amide bonds. The fourth-order valence-electron chi connectivity index (χ4n) is 12.0. The van der Waals surface area contributed by atoms with E-state index in [1.807, 2.05) is 53.8 Å². The summed E-state index contributed by atoms with van der Waals surface area (Å²) < 4.78 is 73.0. The van der Waals surface area contributed by atoms with Gasteiger partial charge < -0.3 is 92.3 Å². The van der Waals surface area contributed by atoms with Gasteiger partial charge in [-0.1, -0.05) is 64.4 Å². The summed E-state index contributed by atoms with van der Waals surface area (Å²) in [5.74, 6) is 10.9. The van der Waals surface area contributed by atoms with E-state index in [0.29, 0.717) is 20.8 Å². The second kappa shape index (κ2) is 32.5. The molecule has 19 atom stereocenters. The van der Waals surface area contributed by atoms with Crippen LogP contribution in [0.1, 0.15) is 69.8 Å². The number of allylic oxidation sites excluding steroid dienone is 3. The molecule has 5 heterocycles. The first-order valence-electron chi connectivity index (χ1n) is 30.1. The Morgan fingerprint density at radius 2 is 1.63 bits per heavy atom. The Morgan fingerprint density at radius 3 is 2.31 bits per heavy atom. The Morgan fingerprint density at radius 1 is 0.894 bits per heavy atom. The predicted molar refractivity (Wildman–Crippen MR) is 350 cm³/mol. The Kier molecular flexibility index (Phi) is 25.3. The van der Waals surface area contributed by atoms with Crippen molar-refractivity contribution in [3.63, 3.8) is 0 Å². The van der Waals surface area contributed by atoms with Crippen LogP contribution in [0.5, 0.6) is 17.2 Å². The van der Waals surface area contributed by atoms with Gasteiger partial charge in [0.2, 0.25) is 23.1 Å². The first-order chi connectivity index (χ1) is 45.0. The van der Waals surface area contributed by atoms with Crippen LogP contribution in [0, 0.1) is 34.2 Å². The number of rotatable bonds is 22. The number of likely N-dealkylation sites (N-methyl/N-ethyl adjacent to an activating group) is 1. The molecular weight excluding hydrogens is 1400 g/mol. The molecule has 0 radical (unpaired) electrons. The summed E-state index contributed by atoms with van der Waals surface area (Å²) >= 11 is 2.80. The Balaban J connectivity index is 0.961. The lowest BCUT2D eigenvalue weighted by atomic mass is 9.75. The van der Waals surface area contributed by atoms with Crippen LogP contribution in [0.3, 0.4) is 0 Å². The number of hydrogen-bond donors (Lipinski definition) is 8. The smallest absolute Gasteiger partial charge is 0.411 e. The maximum absolute atomic E-state index is 14.5. The zero-order valence-electron chi connectivity index (χ0n) is 53.3. The summed E-state index contributed by atoms with van der Waals surface area (Å²) in [5.41, 5.74) is 2.57. The lowest BCUT2D eigenvalue weighted by molar-refractivity contribution is -0.337. The van der Waals surface area contributed by atoms with Gasteiger partial charge >= 0.3 is 6.09 Å². The van der Waals surface area contributed by atoms with Gasteiger partial charge in [-0.25, -0.2) is 9.78 Å². The molecule has 18 unspecified atom stereocenters. The minimum absolute atomic E-state index is 0.0104. The van der Waals surface area contributed by atoms with E-state index in [9.17, 15) is 44.7 Å². The van der Waals surface area contributed by atoms with Crippen molar-refractivity contribution in [1.29, 1.82) is 0 Å². The van der Waals surface area contributed by atoms with Crippen LogP contribution < -0.4 is 25.0 Å². The molecule has 4 aliphatic heterocycles. The van der Waals surface area contributed by atoms with Crippen molar-refractivity contribution in [3.05, 3.63) is 74.0 Å². The van der Waals surface area contributed by atoms with Crippen molar-refractivity contribution in [2.24, 2.45) is 0 Å². The minimum Gasteiger partial charge on any atom is -0.492 e. The van der Waals surface area contributed by atoms with E-state index in [1.165, 1.54) is 69.1 Å². The number of fused-ring (bicyclic) bond motifs is 3. The highest BCUT2D eigenvalue weighted by Gasteiger charge is 2.52. The number of methoxy groups -OCH3 is 5. The number of para-hydroxylation sites is 2. The molecule has 27 nitrogen and oxygen atoms in total. The SMILES string of the molecule is CCN(C(C)=O)C1COC(OC2C(OC3C#C/C=C\C#C[C@@]4(O)CC(=O)C(NC(=O)OC)=C3/C4=C\CSSc3nc4ccccc4[nH]3)OC(C)C(NOC3CC(O)C(SC(=O)c4c(C)c(I)c(OC5OC(C)C(O)C(OC)C5O)c(OC)c4OC)C(C)O3)C2O)CC1OC. The van der Waals surface area contributed by atoms with E-state index >= 15 is 0 Å². The molecule has 94 heavy (non-hydrogen) atoms. The molecule has 2 aliphatic carbocycles. The number of amides is 2. The molecule has 31 heteroatoms. The van der Waals surface area contributed by atoms with Crippen molar-refractivity contribution in [3.8, 4) is 40.9 Å². The van der Waals surface area contributed by atoms with Crippen molar-refractivity contribution in [1.82, 2.24) is 25.7 Å². The van der Waals surface area contributed by atoms with Crippen LogP contribution in [-0.4, -0.2) is 233 Å². The molecule has 4 fully saturated rings. The van der Waals surface area contributed by atoms with Crippen molar-refractivity contribution >= 4 is 89.9 Å². The predicted octanol–water partition coefficient (Wildman–Crippen LogP) is 4.11. The molecule has 0 saturated carbocycles. The molecule has 9 rings (SSSR count). The van der Waals surface area contributed by atoms with Crippen LogP contribution in [0.2, 0.25) is 0 Å². The Labute approximate surface area is 569 Å². The number of nitrogens with one attached hydrogen (secondary N) is 3. The molecular formula is C63H78IN5O22S3. The van der Waals surface area contributed by atoms with Gasteiger partial charge in [-0.15, -0.1) is 0 Å². The molecule has 2 aromatic carbocycles. The quantitative estimate of drug-likeness (QED) is 0.0231. The van der Waals surface area contributed by atoms with Gasteiger partial charge in [-0.05, 0) is 97.9 Å². The number of hydrogen-bond acceptors (Lipinski definition) is 27. The summed E-state index contributed by atoms with van der Waals surface area (Å²) in [6, 6.07) is 5.89. The largest absolute Gasteiger partial charge is 0.492 e. The third-order valence-electron chi connectivity index (χ3n) is 16.8.